The zero-order valence-corrected chi connectivity index (χ0v) is 12.0. The van der Waals surface area contributed by atoms with Crippen LogP contribution >= 0.6 is 0 Å². The second-order valence-electron chi connectivity index (χ2n) is 4.29. The maximum absolute atomic E-state index is 4.10. The molecule has 0 aromatic carbocycles. The van der Waals surface area contributed by atoms with Crippen LogP contribution in [0.15, 0.2) is 12.2 Å². The summed E-state index contributed by atoms with van der Waals surface area (Å²) in [5.41, 5.74) is 1.48. The van der Waals surface area contributed by atoms with Crippen molar-refractivity contribution in [2.75, 3.05) is 28.2 Å². The lowest BCUT2D eigenvalue weighted by atomic mass is 10.0. The molecule has 0 unspecified atom stereocenters. The molecule has 0 saturated carbocycles. The van der Waals surface area contributed by atoms with Gasteiger partial charge in [0, 0.05) is 10.2 Å². The summed E-state index contributed by atoms with van der Waals surface area (Å²) in [5.74, 6) is 0. The fourth-order valence-electron chi connectivity index (χ4n) is 1.31. The molecule has 2 nitrogen and oxygen atoms in total. The Hall–Kier alpha value is -0.123. The van der Waals surface area contributed by atoms with Crippen LogP contribution in [0.2, 0.25) is 6.04 Å². The summed E-state index contributed by atoms with van der Waals surface area (Å²) in [6, 6.07) is 1.21. The Morgan fingerprint density at radius 3 is 1.85 bits per heavy atom. The first-order chi connectivity index (χ1) is 5.84. The molecule has 0 N–H and O–H groups in total. The van der Waals surface area contributed by atoms with Crippen molar-refractivity contribution >= 4 is 10.2 Å². The van der Waals surface area contributed by atoms with E-state index in [1.165, 1.54) is 21.9 Å². The monoisotopic (exact) mass is 200 g/mol. The Kier molecular flexibility index (Phi) is 4.89. The molecule has 13 heavy (non-hydrogen) atoms. The van der Waals surface area contributed by atoms with Crippen molar-refractivity contribution in [3.05, 3.63) is 12.2 Å². The van der Waals surface area contributed by atoms with E-state index in [-0.39, 0.29) is 5.66 Å². The molecule has 0 fully saturated rings. The first-order valence-electron chi connectivity index (χ1n) is 4.86. The summed E-state index contributed by atoms with van der Waals surface area (Å²) in [7, 11) is 9.72. The van der Waals surface area contributed by atoms with E-state index in [0.717, 1.165) is 6.42 Å². The highest BCUT2D eigenvalue weighted by molar-refractivity contribution is 6.10. The number of hydrogen-bond acceptors (Lipinski definition) is 2. The molecule has 0 atom stereocenters. The second kappa shape index (κ2) is 4.93. The highest BCUT2D eigenvalue weighted by Crippen LogP contribution is 2.23. The Morgan fingerprint density at radius 2 is 1.62 bits per heavy atom. The first-order valence-corrected chi connectivity index (χ1v) is 6.27. The average molecular weight is 200 g/mol. The molecule has 0 rings (SSSR count). The third-order valence-electron chi connectivity index (χ3n) is 3.01. The molecule has 0 radical (unpaired) electrons. The Labute approximate surface area is 86.0 Å². The quantitative estimate of drug-likeness (QED) is 0.363. The van der Waals surface area contributed by atoms with Crippen molar-refractivity contribution in [2.45, 2.75) is 25.1 Å². The summed E-state index contributed by atoms with van der Waals surface area (Å²) in [4.78, 5) is 4.52. The predicted octanol–water partition coefficient (Wildman–Crippen LogP) is 0.556. The van der Waals surface area contributed by atoms with Gasteiger partial charge in [0.05, 0.1) is 5.66 Å². The molecular formula is C10H24N2Si. The third-order valence-corrected chi connectivity index (χ3v) is 4.01. The van der Waals surface area contributed by atoms with E-state index in [0.29, 0.717) is 0 Å². The van der Waals surface area contributed by atoms with Crippen LogP contribution in [0, 0.1) is 0 Å². The Bertz CT molecular complexity index is 168. The minimum absolute atomic E-state index is 0.113. The van der Waals surface area contributed by atoms with Crippen LogP contribution in [0.5, 0.6) is 0 Å². The largest absolute Gasteiger partial charge is 0.291 e. The molecule has 0 aromatic heterocycles. The molecule has 0 heterocycles. The Balaban J connectivity index is 4.51. The van der Waals surface area contributed by atoms with E-state index in [9.17, 15) is 0 Å². The molecule has 78 valence electrons. The van der Waals surface area contributed by atoms with E-state index in [4.69, 9.17) is 0 Å². The van der Waals surface area contributed by atoms with Crippen LogP contribution in [0.3, 0.4) is 0 Å². The van der Waals surface area contributed by atoms with Gasteiger partial charge >= 0.3 is 0 Å². The summed E-state index contributed by atoms with van der Waals surface area (Å²) in [6.07, 6.45) is 1.07. The maximum Gasteiger partial charge on any atom is 0.0736 e. The molecule has 0 aliphatic heterocycles. The van der Waals surface area contributed by atoms with Gasteiger partial charge in [0.1, 0.15) is 0 Å². The van der Waals surface area contributed by atoms with E-state index in [2.05, 4.69) is 51.5 Å². The lowest BCUT2D eigenvalue weighted by molar-refractivity contribution is 0.0219. The first kappa shape index (κ1) is 12.9. The number of rotatable bonds is 5. The highest BCUT2D eigenvalue weighted by Gasteiger charge is 2.29. The predicted molar refractivity (Wildman–Crippen MR) is 64.3 cm³/mol. The van der Waals surface area contributed by atoms with Gasteiger partial charge in [0.25, 0.3) is 0 Å². The molecule has 3 heteroatoms. The van der Waals surface area contributed by atoms with E-state index < -0.39 is 0 Å². The van der Waals surface area contributed by atoms with E-state index >= 15 is 0 Å². The molecule has 0 bridgehead atoms. The van der Waals surface area contributed by atoms with Crippen molar-refractivity contribution in [2.24, 2.45) is 0 Å². The van der Waals surface area contributed by atoms with Crippen molar-refractivity contribution in [3.8, 4) is 0 Å². The minimum Gasteiger partial charge on any atom is -0.291 e. The third kappa shape index (κ3) is 3.25. The van der Waals surface area contributed by atoms with Gasteiger partial charge in [0.15, 0.2) is 0 Å². The van der Waals surface area contributed by atoms with Crippen LogP contribution < -0.4 is 0 Å². The average Bonchev–Trinajstić information content (AvgIpc) is 2.03. The molecule has 0 saturated heterocycles. The summed E-state index contributed by atoms with van der Waals surface area (Å²) in [5, 5.41) is 0. The van der Waals surface area contributed by atoms with Crippen LogP contribution in [0.1, 0.15) is 13.3 Å². The van der Waals surface area contributed by atoms with Gasteiger partial charge < -0.3 is 0 Å². The molecule has 0 aromatic rings. The topological polar surface area (TPSA) is 6.48 Å². The second-order valence-corrected chi connectivity index (χ2v) is 4.99. The number of nitrogens with zero attached hydrogens (tertiary/aromatic N) is 2. The molecule has 0 aliphatic rings. The zero-order chi connectivity index (χ0) is 10.6. The summed E-state index contributed by atoms with van der Waals surface area (Å²) < 4.78 is 0. The molecule has 0 aliphatic carbocycles. The van der Waals surface area contributed by atoms with Gasteiger partial charge in [-0.2, -0.15) is 0 Å². The van der Waals surface area contributed by atoms with Crippen molar-refractivity contribution in [1.82, 2.24) is 9.80 Å². The smallest absolute Gasteiger partial charge is 0.0736 e. The number of hydrogen-bond donors (Lipinski definition) is 0. The SMILES string of the molecule is C=C(C[SiH3])CC(C)(N(C)C)N(C)C. The van der Waals surface area contributed by atoms with Crippen molar-refractivity contribution in [1.29, 1.82) is 0 Å². The lowest BCUT2D eigenvalue weighted by Gasteiger charge is -2.43. The van der Waals surface area contributed by atoms with Crippen LogP contribution in [0.4, 0.5) is 0 Å². The van der Waals surface area contributed by atoms with E-state index in [1.54, 1.807) is 0 Å². The fraction of sp³-hybridized carbons (Fsp3) is 0.800. The van der Waals surface area contributed by atoms with Crippen molar-refractivity contribution in [3.63, 3.8) is 0 Å². The van der Waals surface area contributed by atoms with Crippen LogP contribution in [-0.2, 0) is 0 Å². The zero-order valence-electron chi connectivity index (χ0n) is 10.0. The van der Waals surface area contributed by atoms with Gasteiger partial charge in [-0.25, -0.2) is 0 Å². The van der Waals surface area contributed by atoms with E-state index in [1.807, 2.05) is 0 Å². The van der Waals surface area contributed by atoms with Crippen molar-refractivity contribution < 1.29 is 0 Å². The highest BCUT2D eigenvalue weighted by atomic mass is 28.1. The van der Waals surface area contributed by atoms with Gasteiger partial charge in [-0.1, -0.05) is 5.57 Å². The molecular weight excluding hydrogens is 176 g/mol. The summed E-state index contributed by atoms with van der Waals surface area (Å²) in [6.45, 7) is 6.36. The Morgan fingerprint density at radius 1 is 1.23 bits per heavy atom. The normalized spacial score (nSPS) is 12.8. The van der Waals surface area contributed by atoms with Gasteiger partial charge in [-0.15, -0.1) is 6.58 Å². The van der Waals surface area contributed by atoms with Gasteiger partial charge in [-0.3, -0.25) is 9.80 Å². The summed E-state index contributed by atoms with van der Waals surface area (Å²) >= 11 is 0. The van der Waals surface area contributed by atoms with Crippen LogP contribution in [-0.4, -0.2) is 53.9 Å². The molecule has 0 amide bonds. The molecule has 0 spiro atoms. The van der Waals surface area contributed by atoms with Gasteiger partial charge in [-0.05, 0) is 47.6 Å². The van der Waals surface area contributed by atoms with Gasteiger partial charge in [0.2, 0.25) is 0 Å². The fourth-order valence-corrected chi connectivity index (χ4v) is 1.56. The lowest BCUT2D eigenvalue weighted by Crippen LogP contribution is -2.52. The minimum atomic E-state index is 0.113. The standard InChI is InChI=1S/C10H24N2Si/c1-9(8-13)7-10(2,11(3)4)12(5)6/h1,7-8H2,2-6,13H3. The van der Waals surface area contributed by atoms with Crippen LogP contribution in [0.25, 0.3) is 0 Å². The maximum atomic E-state index is 4.10.